The second kappa shape index (κ2) is 9.34. The Morgan fingerprint density at radius 1 is 1.00 bits per heavy atom. The van der Waals surface area contributed by atoms with E-state index >= 15 is 0 Å². The molecule has 6 heteroatoms. The third kappa shape index (κ3) is 4.86. The van der Waals surface area contributed by atoms with Crippen LogP contribution in [0.5, 0.6) is 11.5 Å². The monoisotopic (exact) mass is 415 g/mol. The van der Waals surface area contributed by atoms with Crippen molar-refractivity contribution in [2.24, 2.45) is 0 Å². The molecule has 2 aromatic carbocycles. The first-order chi connectivity index (χ1) is 15.2. The molecule has 6 nitrogen and oxygen atoms in total. The number of pyridine rings is 1. The SMILES string of the molecule is COc1cc(Cn2cc(CC(=O)NCc3ccccn3)c3ccccc32)cc(OC)c1. The molecule has 0 spiro atoms. The van der Waals surface area contributed by atoms with E-state index in [1.807, 2.05) is 48.5 Å². The third-order valence-electron chi connectivity index (χ3n) is 5.18. The number of ether oxygens (including phenoxy) is 2. The van der Waals surface area contributed by atoms with Crippen molar-refractivity contribution in [2.75, 3.05) is 14.2 Å². The van der Waals surface area contributed by atoms with Gasteiger partial charge in [-0.25, -0.2) is 0 Å². The molecule has 0 unspecified atom stereocenters. The normalized spacial score (nSPS) is 10.8. The molecule has 0 saturated carbocycles. The third-order valence-corrected chi connectivity index (χ3v) is 5.18. The standard InChI is InChI=1S/C25H25N3O3/c1-30-21-11-18(12-22(14-21)31-2)16-28-17-19(23-8-3-4-9-24(23)28)13-25(29)27-15-20-7-5-6-10-26-20/h3-12,14,17H,13,15-16H2,1-2H3,(H,27,29). The first kappa shape index (κ1) is 20.5. The Balaban J connectivity index is 1.55. The molecule has 1 amide bonds. The summed E-state index contributed by atoms with van der Waals surface area (Å²) >= 11 is 0. The van der Waals surface area contributed by atoms with Gasteiger partial charge in [0.15, 0.2) is 0 Å². The molecule has 4 aromatic rings. The van der Waals surface area contributed by atoms with Crippen LogP contribution in [0.3, 0.4) is 0 Å². The van der Waals surface area contributed by atoms with Crippen molar-refractivity contribution < 1.29 is 14.3 Å². The highest BCUT2D eigenvalue weighted by Crippen LogP contribution is 2.26. The Labute approximate surface area is 181 Å². The fourth-order valence-electron chi connectivity index (χ4n) is 3.68. The number of para-hydroxylation sites is 1. The molecule has 0 radical (unpaired) electrons. The molecule has 0 atom stereocenters. The van der Waals surface area contributed by atoms with Gasteiger partial charge < -0.3 is 19.4 Å². The first-order valence-corrected chi connectivity index (χ1v) is 10.1. The maximum Gasteiger partial charge on any atom is 0.224 e. The summed E-state index contributed by atoms with van der Waals surface area (Å²) in [5, 5.41) is 4.03. The highest BCUT2D eigenvalue weighted by Gasteiger charge is 2.13. The number of rotatable bonds is 8. The topological polar surface area (TPSA) is 65.4 Å². The molecule has 0 saturated heterocycles. The number of aromatic nitrogens is 2. The Hall–Kier alpha value is -3.80. The van der Waals surface area contributed by atoms with Gasteiger partial charge >= 0.3 is 0 Å². The number of nitrogens with zero attached hydrogens (tertiary/aromatic N) is 2. The van der Waals surface area contributed by atoms with Crippen LogP contribution < -0.4 is 14.8 Å². The van der Waals surface area contributed by atoms with E-state index in [1.165, 1.54) is 0 Å². The number of fused-ring (bicyclic) bond motifs is 1. The van der Waals surface area contributed by atoms with Crippen molar-refractivity contribution in [1.82, 2.24) is 14.9 Å². The van der Waals surface area contributed by atoms with Gasteiger partial charge in [-0.1, -0.05) is 24.3 Å². The van der Waals surface area contributed by atoms with Gasteiger partial charge in [0, 0.05) is 35.9 Å². The lowest BCUT2D eigenvalue weighted by Gasteiger charge is -2.10. The molecule has 4 rings (SSSR count). The van der Waals surface area contributed by atoms with Crippen molar-refractivity contribution in [3.63, 3.8) is 0 Å². The Morgan fingerprint density at radius 2 is 1.74 bits per heavy atom. The summed E-state index contributed by atoms with van der Waals surface area (Å²) in [6, 6.07) is 19.7. The van der Waals surface area contributed by atoms with Gasteiger partial charge in [-0.3, -0.25) is 9.78 Å². The van der Waals surface area contributed by atoms with Gasteiger partial charge in [-0.2, -0.15) is 0 Å². The summed E-state index contributed by atoms with van der Waals surface area (Å²) in [5.41, 5.74) is 3.97. The van der Waals surface area contributed by atoms with Crippen molar-refractivity contribution in [1.29, 1.82) is 0 Å². The Kier molecular flexibility index (Phi) is 6.17. The zero-order valence-electron chi connectivity index (χ0n) is 17.7. The van der Waals surface area contributed by atoms with E-state index in [-0.39, 0.29) is 5.91 Å². The van der Waals surface area contributed by atoms with Crippen molar-refractivity contribution in [3.8, 4) is 11.5 Å². The second-order valence-electron chi connectivity index (χ2n) is 7.29. The quantitative estimate of drug-likeness (QED) is 0.473. The molecule has 0 bridgehead atoms. The first-order valence-electron chi connectivity index (χ1n) is 10.1. The second-order valence-corrected chi connectivity index (χ2v) is 7.29. The lowest BCUT2D eigenvalue weighted by molar-refractivity contribution is -0.120. The number of carbonyl (C=O) groups excluding carboxylic acids is 1. The van der Waals surface area contributed by atoms with Crippen molar-refractivity contribution >= 4 is 16.8 Å². The molecule has 158 valence electrons. The Bertz CT molecular complexity index is 1160. The largest absolute Gasteiger partial charge is 0.497 e. The number of benzene rings is 2. The lowest BCUT2D eigenvalue weighted by Crippen LogP contribution is -2.24. The van der Waals surface area contributed by atoms with Crippen LogP contribution in [-0.2, 0) is 24.3 Å². The smallest absolute Gasteiger partial charge is 0.224 e. The lowest BCUT2D eigenvalue weighted by atomic mass is 10.1. The van der Waals surface area contributed by atoms with E-state index in [2.05, 4.69) is 33.2 Å². The fourth-order valence-corrected chi connectivity index (χ4v) is 3.68. The molecule has 2 heterocycles. The van der Waals surface area contributed by atoms with Crippen molar-refractivity contribution in [2.45, 2.75) is 19.5 Å². The van der Waals surface area contributed by atoms with E-state index in [4.69, 9.17) is 9.47 Å². The highest BCUT2D eigenvalue weighted by molar-refractivity contribution is 5.89. The van der Waals surface area contributed by atoms with E-state index in [0.29, 0.717) is 19.5 Å². The number of hydrogen-bond acceptors (Lipinski definition) is 4. The predicted octanol–water partition coefficient (Wildman–Crippen LogP) is 3.96. The zero-order chi connectivity index (χ0) is 21.6. The molecule has 2 aromatic heterocycles. The average molecular weight is 415 g/mol. The summed E-state index contributed by atoms with van der Waals surface area (Å²) in [5.74, 6) is 1.47. The number of amides is 1. The van der Waals surface area contributed by atoms with Gasteiger partial charge in [-0.15, -0.1) is 0 Å². The van der Waals surface area contributed by atoms with Crippen LogP contribution in [0.15, 0.2) is 73.1 Å². The minimum atomic E-state index is -0.0309. The number of carbonyl (C=O) groups is 1. The van der Waals surface area contributed by atoms with Gasteiger partial charge in [-0.05, 0) is 41.5 Å². The summed E-state index contributed by atoms with van der Waals surface area (Å²) in [4.78, 5) is 16.8. The molecule has 0 fully saturated rings. The molecule has 0 aliphatic carbocycles. The maximum atomic E-state index is 12.6. The minimum absolute atomic E-state index is 0.0309. The van der Waals surface area contributed by atoms with Crippen LogP contribution >= 0.6 is 0 Å². The minimum Gasteiger partial charge on any atom is -0.497 e. The summed E-state index contributed by atoms with van der Waals surface area (Å²) in [7, 11) is 3.29. The number of nitrogens with one attached hydrogen (secondary N) is 1. The van der Waals surface area contributed by atoms with Crippen LogP contribution in [0, 0.1) is 0 Å². The Morgan fingerprint density at radius 3 is 2.45 bits per heavy atom. The number of hydrogen-bond donors (Lipinski definition) is 1. The van der Waals surface area contributed by atoms with Gasteiger partial charge in [0.1, 0.15) is 11.5 Å². The van der Waals surface area contributed by atoms with Gasteiger partial charge in [0.25, 0.3) is 0 Å². The molecule has 0 aliphatic heterocycles. The zero-order valence-corrected chi connectivity index (χ0v) is 17.7. The van der Waals surface area contributed by atoms with E-state index in [9.17, 15) is 4.79 Å². The fraction of sp³-hybridized carbons (Fsp3) is 0.200. The van der Waals surface area contributed by atoms with Crippen LogP contribution in [0.1, 0.15) is 16.8 Å². The molecule has 1 N–H and O–H groups in total. The summed E-state index contributed by atoms with van der Waals surface area (Å²) in [6.07, 6.45) is 4.08. The van der Waals surface area contributed by atoms with E-state index < -0.39 is 0 Å². The van der Waals surface area contributed by atoms with Crippen molar-refractivity contribution in [3.05, 3.63) is 89.9 Å². The molecule has 31 heavy (non-hydrogen) atoms. The number of methoxy groups -OCH3 is 2. The molecular formula is C25H25N3O3. The van der Waals surface area contributed by atoms with Crippen LogP contribution in [-0.4, -0.2) is 29.7 Å². The van der Waals surface area contributed by atoms with Crippen LogP contribution in [0.2, 0.25) is 0 Å². The average Bonchev–Trinajstić information content (AvgIpc) is 3.15. The van der Waals surface area contributed by atoms with Gasteiger partial charge in [0.05, 0.1) is 32.9 Å². The molecule has 0 aliphatic rings. The maximum absolute atomic E-state index is 12.6. The summed E-state index contributed by atoms with van der Waals surface area (Å²) in [6.45, 7) is 1.06. The summed E-state index contributed by atoms with van der Waals surface area (Å²) < 4.78 is 13.0. The molecular weight excluding hydrogens is 390 g/mol. The highest BCUT2D eigenvalue weighted by atomic mass is 16.5. The van der Waals surface area contributed by atoms with E-state index in [1.54, 1.807) is 20.4 Å². The van der Waals surface area contributed by atoms with E-state index in [0.717, 1.165) is 39.2 Å². The van der Waals surface area contributed by atoms with Gasteiger partial charge in [0.2, 0.25) is 5.91 Å². The van der Waals surface area contributed by atoms with Crippen LogP contribution in [0.25, 0.3) is 10.9 Å². The van der Waals surface area contributed by atoms with Crippen LogP contribution in [0.4, 0.5) is 0 Å². The predicted molar refractivity (Wildman–Crippen MR) is 120 cm³/mol.